The van der Waals surface area contributed by atoms with E-state index in [-0.39, 0.29) is 11.8 Å². The van der Waals surface area contributed by atoms with E-state index in [0.717, 1.165) is 26.5 Å². The number of carbonyl (C=O) groups is 1. The van der Waals surface area contributed by atoms with Crippen molar-refractivity contribution in [1.82, 2.24) is 14.8 Å². The van der Waals surface area contributed by atoms with Crippen LogP contribution in [0.5, 0.6) is 11.5 Å². The average Bonchev–Trinajstić information content (AvgIpc) is 3.41. The smallest absolute Gasteiger partial charge is 0.226 e. The Labute approximate surface area is 189 Å². The third kappa shape index (κ3) is 3.62. The van der Waals surface area contributed by atoms with Gasteiger partial charge in [-0.3, -0.25) is 4.79 Å². The number of benzene rings is 2. The molecule has 8 heteroatoms. The average molecular weight is 447 g/mol. The maximum atomic E-state index is 12.6. The van der Waals surface area contributed by atoms with E-state index in [4.69, 9.17) is 9.47 Å². The molecule has 1 aliphatic rings. The second kappa shape index (κ2) is 8.47. The molecule has 0 fully saturated rings. The van der Waals surface area contributed by atoms with Gasteiger partial charge in [0.2, 0.25) is 11.0 Å². The van der Waals surface area contributed by atoms with Gasteiger partial charge >= 0.3 is 0 Å². The number of carbonyl (C=O) groups excluding carboxylic acids is 1. The van der Waals surface area contributed by atoms with Gasteiger partial charge in [-0.2, -0.15) is 9.78 Å². The van der Waals surface area contributed by atoms with E-state index in [2.05, 4.69) is 22.0 Å². The number of nitrogens with one attached hydrogen (secondary N) is 1. The van der Waals surface area contributed by atoms with Gasteiger partial charge in [0, 0.05) is 17.9 Å². The number of ether oxygens (including phenoxy) is 2. The molecule has 0 spiro atoms. The molecule has 0 saturated carbocycles. The number of fused-ring (bicyclic) bond motifs is 2. The fourth-order valence-corrected chi connectivity index (χ4v) is 4.82. The Bertz CT molecular complexity index is 1280. The van der Waals surface area contributed by atoms with Crippen molar-refractivity contribution in [2.45, 2.75) is 19.3 Å². The first-order valence-electron chi connectivity index (χ1n) is 10.4. The van der Waals surface area contributed by atoms with Crippen molar-refractivity contribution >= 4 is 33.3 Å². The van der Waals surface area contributed by atoms with Crippen molar-refractivity contribution in [1.29, 1.82) is 0 Å². The van der Waals surface area contributed by atoms with Crippen LogP contribution in [-0.2, 0) is 4.79 Å². The summed E-state index contributed by atoms with van der Waals surface area (Å²) in [4.78, 5) is 17.3. The highest BCUT2D eigenvalue weighted by Crippen LogP contribution is 2.41. The van der Waals surface area contributed by atoms with Crippen molar-refractivity contribution in [2.24, 2.45) is 0 Å². The first-order chi connectivity index (χ1) is 15.7. The summed E-state index contributed by atoms with van der Waals surface area (Å²) in [6.45, 7) is 6.53. The predicted octanol–water partition coefficient (Wildman–Crippen LogP) is 4.92. The van der Waals surface area contributed by atoms with Crippen LogP contribution < -0.4 is 14.8 Å². The van der Waals surface area contributed by atoms with E-state index in [9.17, 15) is 4.79 Å². The normalized spacial score (nSPS) is 15.3. The Morgan fingerprint density at radius 3 is 2.94 bits per heavy atom. The summed E-state index contributed by atoms with van der Waals surface area (Å²) in [5, 5.41) is 8.28. The minimum Gasteiger partial charge on any atom is -0.490 e. The van der Waals surface area contributed by atoms with E-state index >= 15 is 0 Å². The van der Waals surface area contributed by atoms with Crippen molar-refractivity contribution < 1.29 is 14.3 Å². The van der Waals surface area contributed by atoms with Crippen LogP contribution in [0.4, 0.5) is 5.82 Å². The van der Waals surface area contributed by atoms with Crippen LogP contribution in [0.2, 0.25) is 0 Å². The maximum Gasteiger partial charge on any atom is 0.226 e. The topological polar surface area (TPSA) is 78.3 Å². The summed E-state index contributed by atoms with van der Waals surface area (Å²) < 4.78 is 14.3. The summed E-state index contributed by atoms with van der Waals surface area (Å²) >= 11 is 1.54. The van der Waals surface area contributed by atoms with Gasteiger partial charge in [-0.05, 0) is 36.8 Å². The van der Waals surface area contributed by atoms with Crippen LogP contribution >= 0.6 is 11.3 Å². The van der Waals surface area contributed by atoms with Crippen LogP contribution in [0.3, 0.4) is 0 Å². The quantitative estimate of drug-likeness (QED) is 0.408. The lowest BCUT2D eigenvalue weighted by molar-refractivity contribution is -0.116. The molecule has 5 rings (SSSR count). The van der Waals surface area contributed by atoms with Crippen LogP contribution in [0, 0.1) is 0 Å². The molecule has 0 bridgehead atoms. The lowest BCUT2D eigenvalue weighted by Crippen LogP contribution is -2.24. The zero-order chi connectivity index (χ0) is 22.1. The highest BCUT2D eigenvalue weighted by atomic mass is 32.1. The number of anilines is 1. The molecule has 1 atom stereocenters. The Morgan fingerprint density at radius 2 is 2.12 bits per heavy atom. The minimum atomic E-state index is -0.144. The fourth-order valence-electron chi connectivity index (χ4n) is 3.89. The zero-order valence-corrected chi connectivity index (χ0v) is 18.4. The summed E-state index contributed by atoms with van der Waals surface area (Å²) in [6, 6.07) is 13.7. The van der Waals surface area contributed by atoms with Gasteiger partial charge < -0.3 is 14.8 Å². The molecule has 1 unspecified atom stereocenters. The number of hydrogen-bond acceptors (Lipinski definition) is 6. The monoisotopic (exact) mass is 446 g/mol. The first-order valence-corrected chi connectivity index (χ1v) is 11.2. The molecule has 1 aliphatic heterocycles. The second-order valence-electron chi connectivity index (χ2n) is 7.37. The number of nitrogens with zero attached hydrogens (tertiary/aromatic N) is 3. The largest absolute Gasteiger partial charge is 0.490 e. The van der Waals surface area contributed by atoms with E-state index in [1.165, 1.54) is 11.3 Å². The Kier molecular flexibility index (Phi) is 5.36. The van der Waals surface area contributed by atoms with Gasteiger partial charge in [0.15, 0.2) is 11.5 Å². The molecule has 1 amide bonds. The highest BCUT2D eigenvalue weighted by molar-refractivity contribution is 7.20. The van der Waals surface area contributed by atoms with Crippen LogP contribution in [0.1, 0.15) is 30.4 Å². The number of rotatable bonds is 7. The zero-order valence-electron chi connectivity index (χ0n) is 17.6. The molecule has 3 heterocycles. The third-order valence-corrected chi connectivity index (χ3v) is 6.32. The van der Waals surface area contributed by atoms with Crippen LogP contribution in [-0.4, -0.2) is 33.9 Å². The van der Waals surface area contributed by atoms with Crippen molar-refractivity contribution in [2.75, 3.05) is 18.5 Å². The van der Waals surface area contributed by atoms with Crippen LogP contribution in [0.25, 0.3) is 15.3 Å². The molecule has 1 N–H and O–H groups in total. The SMILES string of the molecule is C=CCOc1ccc(C2CC(=O)Nc3c2cnn3-c2nc3ccccc3s2)cc1OCC. The van der Waals surface area contributed by atoms with Gasteiger partial charge in [0.25, 0.3) is 0 Å². The van der Waals surface area contributed by atoms with E-state index in [1.54, 1.807) is 10.8 Å². The molecule has 32 heavy (non-hydrogen) atoms. The van der Waals surface area contributed by atoms with Gasteiger partial charge in [-0.1, -0.05) is 42.2 Å². The van der Waals surface area contributed by atoms with Crippen molar-refractivity contribution in [3.05, 3.63) is 72.4 Å². The number of amides is 1. The Morgan fingerprint density at radius 1 is 1.25 bits per heavy atom. The molecule has 4 aromatic rings. The standard InChI is InChI=1S/C24H22N4O3S/c1-3-11-31-19-10-9-15(12-20(19)30-4-2)16-13-22(29)27-23-17(16)14-25-28(23)24-26-18-7-5-6-8-21(18)32-24/h3,5-10,12,14,16H,1,4,11,13H2,2H3,(H,27,29). The van der Waals surface area contributed by atoms with E-state index in [1.807, 2.05) is 55.6 Å². The van der Waals surface area contributed by atoms with E-state index in [0.29, 0.717) is 37.0 Å². The Balaban J connectivity index is 1.55. The third-order valence-electron chi connectivity index (χ3n) is 5.31. The van der Waals surface area contributed by atoms with Gasteiger partial charge in [-0.25, -0.2) is 4.98 Å². The summed E-state index contributed by atoms with van der Waals surface area (Å²) in [7, 11) is 0. The van der Waals surface area contributed by atoms with Crippen molar-refractivity contribution in [3.8, 4) is 16.6 Å². The molecular weight excluding hydrogens is 424 g/mol. The summed E-state index contributed by atoms with van der Waals surface area (Å²) in [5.74, 6) is 1.76. The van der Waals surface area contributed by atoms with E-state index < -0.39 is 0 Å². The molecule has 7 nitrogen and oxygen atoms in total. The Hall–Kier alpha value is -3.65. The number of hydrogen-bond donors (Lipinski definition) is 1. The van der Waals surface area contributed by atoms with Crippen LogP contribution in [0.15, 0.2) is 61.3 Å². The first kappa shape index (κ1) is 20.3. The molecular formula is C24H22N4O3S. The maximum absolute atomic E-state index is 12.6. The fraction of sp³-hybridized carbons (Fsp3) is 0.208. The van der Waals surface area contributed by atoms with Gasteiger partial charge in [0.1, 0.15) is 12.4 Å². The molecule has 0 radical (unpaired) electrons. The molecule has 2 aromatic carbocycles. The van der Waals surface area contributed by atoms with Gasteiger partial charge in [0.05, 0.1) is 23.0 Å². The second-order valence-corrected chi connectivity index (χ2v) is 8.38. The summed E-state index contributed by atoms with van der Waals surface area (Å²) in [6.07, 6.45) is 3.84. The number of thiazole rings is 1. The van der Waals surface area contributed by atoms with Gasteiger partial charge in [-0.15, -0.1) is 0 Å². The lowest BCUT2D eigenvalue weighted by atomic mass is 9.87. The number of aromatic nitrogens is 3. The lowest BCUT2D eigenvalue weighted by Gasteiger charge is -2.24. The molecule has 0 saturated heterocycles. The molecule has 0 aliphatic carbocycles. The highest BCUT2D eigenvalue weighted by Gasteiger charge is 2.31. The van der Waals surface area contributed by atoms with Crippen molar-refractivity contribution in [3.63, 3.8) is 0 Å². The molecule has 162 valence electrons. The molecule has 2 aromatic heterocycles. The predicted molar refractivity (Wildman–Crippen MR) is 125 cm³/mol. The minimum absolute atomic E-state index is 0.0599. The number of para-hydroxylation sites is 1. The summed E-state index contributed by atoms with van der Waals surface area (Å²) in [5.41, 5.74) is 2.83.